The first-order chi connectivity index (χ1) is 10.7. The van der Waals surface area contributed by atoms with Crippen LogP contribution in [0.2, 0.25) is 0 Å². The highest BCUT2D eigenvalue weighted by molar-refractivity contribution is 5.73. The molecule has 1 atom stereocenters. The highest BCUT2D eigenvalue weighted by Crippen LogP contribution is 2.17. The number of hydrogen-bond acceptors (Lipinski definition) is 3. The van der Waals surface area contributed by atoms with Crippen LogP contribution in [-0.4, -0.2) is 23.8 Å². The van der Waals surface area contributed by atoms with Crippen LogP contribution in [0.3, 0.4) is 0 Å². The third kappa shape index (κ3) is 4.81. The van der Waals surface area contributed by atoms with Gasteiger partial charge in [0.1, 0.15) is 11.5 Å². The van der Waals surface area contributed by atoms with Crippen molar-refractivity contribution >= 4 is 5.97 Å². The zero-order valence-corrected chi connectivity index (χ0v) is 12.6. The molecule has 1 unspecified atom stereocenters. The lowest BCUT2D eigenvalue weighted by atomic mass is 10.1. The minimum atomic E-state index is -0.977. The minimum absolute atomic E-state index is 0.304. The van der Waals surface area contributed by atoms with Gasteiger partial charge >= 0.3 is 5.97 Å². The number of carboxylic acid groups (broad SMARTS) is 1. The van der Waals surface area contributed by atoms with Gasteiger partial charge in [-0.2, -0.15) is 0 Å². The van der Waals surface area contributed by atoms with E-state index in [0.29, 0.717) is 18.8 Å². The van der Waals surface area contributed by atoms with Gasteiger partial charge in [-0.25, -0.2) is 4.79 Å². The van der Waals surface area contributed by atoms with Crippen LogP contribution < -0.4 is 9.47 Å². The second-order valence-electron chi connectivity index (χ2n) is 4.95. The van der Waals surface area contributed by atoms with E-state index in [2.05, 4.69) is 0 Å². The molecule has 0 aliphatic heterocycles. The zero-order chi connectivity index (χ0) is 15.8. The maximum absolute atomic E-state index is 11.4. The van der Waals surface area contributed by atoms with E-state index >= 15 is 0 Å². The van der Waals surface area contributed by atoms with Crippen molar-refractivity contribution in [3.05, 3.63) is 60.2 Å². The topological polar surface area (TPSA) is 55.8 Å². The quantitative estimate of drug-likeness (QED) is 0.810. The van der Waals surface area contributed by atoms with Gasteiger partial charge in [0.15, 0.2) is 6.10 Å². The van der Waals surface area contributed by atoms with Crippen molar-refractivity contribution in [3.8, 4) is 11.5 Å². The van der Waals surface area contributed by atoms with Crippen molar-refractivity contribution in [1.29, 1.82) is 0 Å². The van der Waals surface area contributed by atoms with Gasteiger partial charge in [-0.15, -0.1) is 0 Å². The summed E-state index contributed by atoms with van der Waals surface area (Å²) in [5.74, 6) is 0.370. The lowest BCUT2D eigenvalue weighted by molar-refractivity contribution is -0.145. The predicted octanol–water partition coefficient (Wildman–Crippen LogP) is 3.55. The van der Waals surface area contributed by atoms with Crippen LogP contribution in [0, 0.1) is 0 Å². The molecule has 22 heavy (non-hydrogen) atoms. The number of rotatable bonds is 8. The zero-order valence-electron chi connectivity index (χ0n) is 12.6. The Hall–Kier alpha value is -2.49. The monoisotopic (exact) mass is 300 g/mol. The Kier molecular flexibility index (Phi) is 5.83. The van der Waals surface area contributed by atoms with Crippen LogP contribution in [0.5, 0.6) is 11.5 Å². The molecule has 0 aliphatic rings. The lowest BCUT2D eigenvalue weighted by Crippen LogP contribution is -2.29. The fourth-order valence-electron chi connectivity index (χ4n) is 2.00. The largest absolute Gasteiger partial charge is 0.494 e. The Morgan fingerprint density at radius 2 is 1.73 bits per heavy atom. The van der Waals surface area contributed by atoms with Gasteiger partial charge in [0, 0.05) is 6.42 Å². The molecule has 116 valence electrons. The Bertz CT molecular complexity index is 578. The van der Waals surface area contributed by atoms with E-state index in [1.54, 1.807) is 12.1 Å². The van der Waals surface area contributed by atoms with Crippen molar-refractivity contribution in [1.82, 2.24) is 0 Å². The normalized spacial score (nSPS) is 11.7. The Morgan fingerprint density at radius 3 is 2.32 bits per heavy atom. The Labute approximate surface area is 130 Å². The predicted molar refractivity (Wildman–Crippen MR) is 84.4 cm³/mol. The molecule has 2 aromatic carbocycles. The Morgan fingerprint density at radius 1 is 1.05 bits per heavy atom. The van der Waals surface area contributed by atoms with E-state index < -0.39 is 12.1 Å². The fraction of sp³-hybridized carbons (Fsp3) is 0.278. The summed E-state index contributed by atoms with van der Waals surface area (Å²) in [6.07, 6.45) is 0.344. The third-order valence-corrected chi connectivity index (χ3v) is 3.11. The van der Waals surface area contributed by atoms with Gasteiger partial charge < -0.3 is 14.6 Å². The van der Waals surface area contributed by atoms with Crippen LogP contribution in [-0.2, 0) is 11.2 Å². The molecule has 1 N–H and O–H groups in total. The number of carbonyl (C=O) groups is 1. The molecule has 0 amide bonds. The molecule has 0 fully saturated rings. The smallest absolute Gasteiger partial charge is 0.345 e. The van der Waals surface area contributed by atoms with Crippen LogP contribution >= 0.6 is 0 Å². The number of aliphatic carboxylic acids is 1. The maximum atomic E-state index is 11.4. The second kappa shape index (κ2) is 8.08. The van der Waals surface area contributed by atoms with Crippen molar-refractivity contribution in [2.45, 2.75) is 25.9 Å². The number of ether oxygens (including phenoxy) is 2. The molecule has 0 heterocycles. The second-order valence-corrected chi connectivity index (χ2v) is 4.95. The van der Waals surface area contributed by atoms with Crippen LogP contribution in [0.4, 0.5) is 0 Å². The highest BCUT2D eigenvalue weighted by Gasteiger charge is 2.20. The van der Waals surface area contributed by atoms with Gasteiger partial charge in [-0.1, -0.05) is 37.3 Å². The van der Waals surface area contributed by atoms with E-state index in [-0.39, 0.29) is 0 Å². The third-order valence-electron chi connectivity index (χ3n) is 3.11. The van der Waals surface area contributed by atoms with Crippen LogP contribution in [0.1, 0.15) is 18.9 Å². The van der Waals surface area contributed by atoms with Crippen LogP contribution in [0.25, 0.3) is 0 Å². The molecule has 4 heteroatoms. The van der Waals surface area contributed by atoms with Gasteiger partial charge in [0.05, 0.1) is 6.61 Å². The van der Waals surface area contributed by atoms with Crippen molar-refractivity contribution in [2.75, 3.05) is 6.61 Å². The lowest BCUT2D eigenvalue weighted by Gasteiger charge is -2.15. The SMILES string of the molecule is CCCOc1ccc(CC(Oc2ccccc2)C(=O)O)cc1. The molecule has 0 bridgehead atoms. The summed E-state index contributed by atoms with van der Waals surface area (Å²) in [5.41, 5.74) is 0.896. The van der Waals surface area contributed by atoms with Gasteiger partial charge in [-0.05, 0) is 36.2 Å². The summed E-state index contributed by atoms with van der Waals surface area (Å²) in [7, 11) is 0. The number of hydrogen-bond donors (Lipinski definition) is 1. The molecular formula is C18H20O4. The molecule has 4 nitrogen and oxygen atoms in total. The number of benzene rings is 2. The average molecular weight is 300 g/mol. The maximum Gasteiger partial charge on any atom is 0.345 e. The Balaban J connectivity index is 2.00. The van der Waals surface area contributed by atoms with E-state index in [1.165, 1.54) is 0 Å². The summed E-state index contributed by atoms with van der Waals surface area (Å²) in [4.78, 5) is 11.4. The first kappa shape index (κ1) is 15.9. The molecule has 0 saturated heterocycles. The average Bonchev–Trinajstić information content (AvgIpc) is 2.54. The van der Waals surface area contributed by atoms with Crippen molar-refractivity contribution < 1.29 is 19.4 Å². The van der Waals surface area contributed by atoms with Crippen molar-refractivity contribution in [3.63, 3.8) is 0 Å². The van der Waals surface area contributed by atoms with Crippen LogP contribution in [0.15, 0.2) is 54.6 Å². The van der Waals surface area contributed by atoms with Crippen molar-refractivity contribution in [2.24, 2.45) is 0 Å². The van der Waals surface area contributed by atoms with Gasteiger partial charge in [0.25, 0.3) is 0 Å². The summed E-state index contributed by atoms with van der Waals surface area (Å²) in [5, 5.41) is 9.32. The molecule has 2 aromatic rings. The summed E-state index contributed by atoms with van der Waals surface area (Å²) >= 11 is 0. The van der Waals surface area contributed by atoms with Gasteiger partial charge in [-0.3, -0.25) is 0 Å². The highest BCUT2D eigenvalue weighted by atomic mass is 16.5. The standard InChI is InChI=1S/C18H20O4/c1-2-12-21-15-10-8-14(9-11-15)13-17(18(19)20)22-16-6-4-3-5-7-16/h3-11,17H,2,12-13H2,1H3,(H,19,20). The summed E-state index contributed by atoms with van der Waals surface area (Å²) < 4.78 is 11.1. The fourth-order valence-corrected chi connectivity index (χ4v) is 2.00. The molecular weight excluding hydrogens is 280 g/mol. The first-order valence-electron chi connectivity index (χ1n) is 7.35. The molecule has 0 saturated carbocycles. The molecule has 2 rings (SSSR count). The van der Waals surface area contributed by atoms with E-state index in [9.17, 15) is 9.90 Å². The molecule has 0 spiro atoms. The molecule has 0 radical (unpaired) electrons. The van der Waals surface area contributed by atoms with E-state index in [1.807, 2.05) is 49.4 Å². The van der Waals surface area contributed by atoms with Gasteiger partial charge in [0.2, 0.25) is 0 Å². The summed E-state index contributed by atoms with van der Waals surface area (Å²) in [6, 6.07) is 16.4. The minimum Gasteiger partial charge on any atom is -0.494 e. The van der Waals surface area contributed by atoms with E-state index in [4.69, 9.17) is 9.47 Å². The van der Waals surface area contributed by atoms with E-state index in [0.717, 1.165) is 17.7 Å². The number of para-hydroxylation sites is 1. The first-order valence-corrected chi connectivity index (χ1v) is 7.35. The number of carboxylic acids is 1. The molecule has 0 aromatic heterocycles. The summed E-state index contributed by atoms with van der Waals surface area (Å²) in [6.45, 7) is 2.72. The molecule has 0 aliphatic carbocycles.